The van der Waals surface area contributed by atoms with Gasteiger partial charge in [0.05, 0.1) is 13.3 Å². The van der Waals surface area contributed by atoms with Crippen LogP contribution in [0.4, 0.5) is 15.9 Å². The van der Waals surface area contributed by atoms with E-state index in [9.17, 15) is 4.79 Å². The molecule has 12 heteroatoms. The first-order valence-corrected chi connectivity index (χ1v) is 14.6. The highest BCUT2D eigenvalue weighted by Gasteiger charge is 2.24. The van der Waals surface area contributed by atoms with Crippen LogP contribution >= 0.6 is 11.3 Å². The van der Waals surface area contributed by atoms with Crippen LogP contribution in [0, 0.1) is 12.7 Å². The summed E-state index contributed by atoms with van der Waals surface area (Å²) in [6, 6.07) is 11.8. The molecule has 4 heterocycles. The number of nitrogens with one attached hydrogen (secondary N) is 1. The quantitative estimate of drug-likeness (QED) is 0.171. The summed E-state index contributed by atoms with van der Waals surface area (Å²) < 4.78 is 29.1. The molecule has 2 aromatic carbocycles. The molecule has 0 atom stereocenters. The van der Waals surface area contributed by atoms with Crippen molar-refractivity contribution in [1.82, 2.24) is 24.7 Å². The third-order valence-corrected chi connectivity index (χ3v) is 8.37. The molecule has 1 amide bonds. The number of aromatic nitrogens is 5. The van der Waals surface area contributed by atoms with E-state index in [-0.39, 0.29) is 17.7 Å². The monoisotopic (exact) mass is 621 g/mol. The van der Waals surface area contributed by atoms with E-state index in [4.69, 9.17) is 15.2 Å². The zero-order chi connectivity index (χ0) is 31.8. The Balaban J connectivity index is 1.52. The molecule has 0 unspecified atom stereocenters. The lowest BCUT2D eigenvalue weighted by atomic mass is 9.95. The average Bonchev–Trinajstić information content (AvgIpc) is 3.63. The smallest absolute Gasteiger partial charge is 0.325 e. The summed E-state index contributed by atoms with van der Waals surface area (Å²) in [6.45, 7) is 7.31. The Morgan fingerprint density at radius 1 is 1.09 bits per heavy atom. The minimum atomic E-state index is -0.617. The Labute approximate surface area is 262 Å². The molecule has 10 nitrogen and oxygen atoms in total. The van der Waals surface area contributed by atoms with E-state index in [0.29, 0.717) is 33.9 Å². The van der Waals surface area contributed by atoms with Crippen LogP contribution in [-0.2, 0) is 11.8 Å². The van der Waals surface area contributed by atoms with E-state index in [2.05, 4.69) is 31.9 Å². The number of methoxy groups -OCH3 is 1. The number of nitrogens with zero attached hydrogens (tertiary/aromatic N) is 5. The molecular weight excluding hydrogens is 593 g/mol. The second-order valence-corrected chi connectivity index (χ2v) is 11.4. The van der Waals surface area contributed by atoms with Crippen LogP contribution in [0.15, 0.2) is 79.4 Å². The zero-order valence-electron chi connectivity index (χ0n) is 24.9. The van der Waals surface area contributed by atoms with Gasteiger partial charge >= 0.3 is 6.01 Å². The van der Waals surface area contributed by atoms with Gasteiger partial charge in [0.1, 0.15) is 5.82 Å². The van der Waals surface area contributed by atoms with Crippen molar-refractivity contribution in [3.8, 4) is 50.3 Å². The minimum absolute atomic E-state index is 0.0494. The number of nitrogen functional groups attached to an aromatic ring is 1. The summed E-state index contributed by atoms with van der Waals surface area (Å²) in [4.78, 5) is 25.8. The number of fused-ring (bicyclic) bond motifs is 1. The molecule has 0 radical (unpaired) electrons. The van der Waals surface area contributed by atoms with Gasteiger partial charge in [0.15, 0.2) is 11.6 Å². The lowest BCUT2D eigenvalue weighted by molar-refractivity contribution is -0.112. The van der Waals surface area contributed by atoms with Gasteiger partial charge in [0.25, 0.3) is 5.91 Å². The Morgan fingerprint density at radius 2 is 1.91 bits per heavy atom. The van der Waals surface area contributed by atoms with Gasteiger partial charge in [-0.2, -0.15) is 10.1 Å². The maximum Gasteiger partial charge on any atom is 0.325 e. The summed E-state index contributed by atoms with van der Waals surface area (Å²) in [6.07, 6.45) is 6.86. The molecule has 0 spiro atoms. The van der Waals surface area contributed by atoms with Crippen molar-refractivity contribution in [1.29, 1.82) is 0 Å². The average molecular weight is 622 g/mol. The van der Waals surface area contributed by atoms with E-state index >= 15 is 4.39 Å². The van der Waals surface area contributed by atoms with Gasteiger partial charge < -0.3 is 20.5 Å². The third kappa shape index (κ3) is 5.70. The number of hydrogen-bond acceptors (Lipinski definition) is 9. The fourth-order valence-electron chi connectivity index (χ4n) is 4.91. The lowest BCUT2D eigenvalue weighted by Gasteiger charge is -2.13. The van der Waals surface area contributed by atoms with Crippen LogP contribution in [0.2, 0.25) is 0 Å². The topological polar surface area (TPSA) is 130 Å². The number of carbonyl (C=O) groups excluding carboxylic acids is 1. The van der Waals surface area contributed by atoms with Crippen molar-refractivity contribution in [3.05, 3.63) is 90.8 Å². The maximum absolute atomic E-state index is 15.7. The van der Waals surface area contributed by atoms with Crippen molar-refractivity contribution in [2.75, 3.05) is 18.2 Å². The van der Waals surface area contributed by atoms with E-state index in [1.165, 1.54) is 36.8 Å². The first kappa shape index (κ1) is 29.5. The maximum atomic E-state index is 15.7. The highest BCUT2D eigenvalue weighted by Crippen LogP contribution is 2.50. The van der Waals surface area contributed by atoms with Gasteiger partial charge in [-0.05, 0) is 54.8 Å². The summed E-state index contributed by atoms with van der Waals surface area (Å²) in [5, 5.41) is 7.89. The molecule has 3 N–H and O–H groups in total. The van der Waals surface area contributed by atoms with Gasteiger partial charge in [-0.1, -0.05) is 18.7 Å². The SMILES string of the molecule is C=C(C)C(=O)Nc1ccc(-c2sc3c(-c4cnn(C)c4)cnc(N)c3c2-c2ccc(Oc3nccc(OC)n3)c(F)c2)c(C)c1. The van der Waals surface area contributed by atoms with E-state index in [0.717, 1.165) is 37.4 Å². The number of thiophene rings is 1. The minimum Gasteiger partial charge on any atom is -0.481 e. The predicted molar refractivity (Wildman–Crippen MR) is 174 cm³/mol. The number of rotatable bonds is 8. The third-order valence-electron chi connectivity index (χ3n) is 7.11. The normalized spacial score (nSPS) is 11.0. The van der Waals surface area contributed by atoms with Crippen LogP contribution in [-0.4, -0.2) is 37.7 Å². The van der Waals surface area contributed by atoms with Crippen molar-refractivity contribution in [2.45, 2.75) is 13.8 Å². The summed E-state index contributed by atoms with van der Waals surface area (Å²) in [7, 11) is 3.31. The number of benzene rings is 2. The Hall–Kier alpha value is -5.62. The Morgan fingerprint density at radius 3 is 2.60 bits per heavy atom. The molecule has 0 bridgehead atoms. The summed E-state index contributed by atoms with van der Waals surface area (Å²) in [5.41, 5.74) is 12.4. The number of halogens is 1. The Kier molecular flexibility index (Phi) is 7.73. The molecule has 0 aliphatic heterocycles. The number of pyridine rings is 1. The van der Waals surface area contributed by atoms with Crippen LogP contribution in [0.5, 0.6) is 17.6 Å². The fraction of sp³-hybridized carbons (Fsp3) is 0.121. The number of amides is 1. The van der Waals surface area contributed by atoms with Crippen LogP contribution in [0.3, 0.4) is 0 Å². The molecule has 0 saturated heterocycles. The van der Waals surface area contributed by atoms with Gasteiger partial charge in [0, 0.05) is 74.6 Å². The number of anilines is 2. The van der Waals surface area contributed by atoms with Gasteiger partial charge in [-0.3, -0.25) is 9.48 Å². The molecule has 45 heavy (non-hydrogen) atoms. The molecule has 6 rings (SSSR count). The number of hydrogen-bond donors (Lipinski definition) is 2. The van der Waals surface area contributed by atoms with Crippen molar-refractivity contribution < 1.29 is 18.7 Å². The van der Waals surface area contributed by atoms with E-state index in [1.54, 1.807) is 36.1 Å². The second-order valence-electron chi connectivity index (χ2n) is 10.4. The number of nitrogens with two attached hydrogens (primary N) is 1. The molecule has 226 valence electrons. The molecule has 4 aromatic heterocycles. The Bertz CT molecular complexity index is 2120. The van der Waals surface area contributed by atoms with Gasteiger partial charge in [0.2, 0.25) is 5.88 Å². The van der Waals surface area contributed by atoms with E-state index in [1.807, 2.05) is 38.4 Å². The second kappa shape index (κ2) is 11.8. The molecule has 0 fully saturated rings. The van der Waals surface area contributed by atoms with Crippen LogP contribution in [0.25, 0.3) is 42.8 Å². The first-order chi connectivity index (χ1) is 21.6. The van der Waals surface area contributed by atoms with E-state index < -0.39 is 5.82 Å². The van der Waals surface area contributed by atoms with Crippen LogP contribution in [0.1, 0.15) is 12.5 Å². The standard InChI is InChI=1S/C33H28FN7O3S/c1-17(2)32(42)39-21-7-8-22(18(3)12-21)29-27(28-30(45-29)23(15-37-31(28)35)20-14-38-41(4)16-20)19-6-9-25(24(34)13-19)44-33-36-11-10-26(40-33)43-5/h6-16H,1H2,2-5H3,(H2,35,37)(H,39,42). The zero-order valence-corrected chi connectivity index (χ0v) is 25.7. The van der Waals surface area contributed by atoms with Crippen molar-refractivity contribution in [2.24, 2.45) is 7.05 Å². The highest BCUT2D eigenvalue weighted by atomic mass is 32.1. The first-order valence-electron chi connectivity index (χ1n) is 13.8. The van der Waals surface area contributed by atoms with Crippen LogP contribution < -0.4 is 20.5 Å². The number of carbonyl (C=O) groups is 1. The van der Waals surface area contributed by atoms with Gasteiger partial charge in [-0.15, -0.1) is 11.3 Å². The lowest BCUT2D eigenvalue weighted by Crippen LogP contribution is -2.11. The number of ether oxygens (including phenoxy) is 2. The predicted octanol–water partition coefficient (Wildman–Crippen LogP) is 7.17. The largest absolute Gasteiger partial charge is 0.481 e. The molecule has 6 aromatic rings. The van der Waals surface area contributed by atoms with Crippen molar-refractivity contribution in [3.63, 3.8) is 0 Å². The summed E-state index contributed by atoms with van der Waals surface area (Å²) in [5.74, 6) is -0.331. The number of aryl methyl sites for hydroxylation is 2. The highest BCUT2D eigenvalue weighted by molar-refractivity contribution is 7.23. The van der Waals surface area contributed by atoms with Gasteiger partial charge in [-0.25, -0.2) is 14.4 Å². The molecule has 0 saturated carbocycles. The molecule has 0 aliphatic carbocycles. The summed E-state index contributed by atoms with van der Waals surface area (Å²) >= 11 is 1.53. The molecular formula is C33H28FN7O3S. The van der Waals surface area contributed by atoms with Crippen molar-refractivity contribution >= 4 is 38.8 Å². The molecule has 0 aliphatic rings. The fourth-order valence-corrected chi connectivity index (χ4v) is 6.37.